The highest BCUT2D eigenvalue weighted by molar-refractivity contribution is 7.91. The standard InChI is InChI=1S/C16H20F2N2O2S/c1-4-7-23(21,22)15-10(2)11(3)20(16(15)19)9-12-5-6-13(17)8-14(12)18/h5-6,8H,4,7,9,19H2,1-3H3. The van der Waals surface area contributed by atoms with Crippen LogP contribution in [0.3, 0.4) is 0 Å². The second-order valence-corrected chi connectivity index (χ2v) is 7.61. The van der Waals surface area contributed by atoms with E-state index in [-0.39, 0.29) is 28.6 Å². The average molecular weight is 342 g/mol. The van der Waals surface area contributed by atoms with Crippen molar-refractivity contribution in [3.63, 3.8) is 0 Å². The zero-order chi connectivity index (χ0) is 17.4. The summed E-state index contributed by atoms with van der Waals surface area (Å²) in [6.45, 7) is 5.25. The summed E-state index contributed by atoms with van der Waals surface area (Å²) < 4.78 is 53.2. The molecule has 2 N–H and O–H groups in total. The van der Waals surface area contributed by atoms with Gasteiger partial charge in [-0.1, -0.05) is 13.0 Å². The molecule has 7 heteroatoms. The number of aromatic nitrogens is 1. The Kier molecular flexibility index (Phi) is 4.79. The van der Waals surface area contributed by atoms with E-state index >= 15 is 0 Å². The summed E-state index contributed by atoms with van der Waals surface area (Å²) >= 11 is 0. The highest BCUT2D eigenvalue weighted by Gasteiger charge is 2.26. The quantitative estimate of drug-likeness (QED) is 0.907. The van der Waals surface area contributed by atoms with Crippen molar-refractivity contribution < 1.29 is 17.2 Å². The van der Waals surface area contributed by atoms with Gasteiger partial charge in [-0.3, -0.25) is 0 Å². The first-order valence-corrected chi connectivity index (χ1v) is 8.96. The van der Waals surface area contributed by atoms with Crippen LogP contribution in [0.5, 0.6) is 0 Å². The largest absolute Gasteiger partial charge is 0.384 e. The molecule has 0 aliphatic carbocycles. The summed E-state index contributed by atoms with van der Waals surface area (Å²) in [5, 5.41) is 0. The molecule has 1 aromatic heterocycles. The van der Waals surface area contributed by atoms with Gasteiger partial charge >= 0.3 is 0 Å². The van der Waals surface area contributed by atoms with Gasteiger partial charge in [0.2, 0.25) is 0 Å². The van der Waals surface area contributed by atoms with Crippen molar-refractivity contribution >= 4 is 15.7 Å². The van der Waals surface area contributed by atoms with Crippen LogP contribution in [-0.4, -0.2) is 18.7 Å². The first-order chi connectivity index (χ1) is 10.7. The number of anilines is 1. The molecular weight excluding hydrogens is 322 g/mol. The zero-order valence-electron chi connectivity index (χ0n) is 13.4. The maximum atomic E-state index is 13.8. The first-order valence-electron chi connectivity index (χ1n) is 7.30. The minimum absolute atomic E-state index is 0.00635. The maximum Gasteiger partial charge on any atom is 0.182 e. The molecule has 0 radical (unpaired) electrons. The summed E-state index contributed by atoms with van der Waals surface area (Å²) in [6, 6.07) is 3.29. The number of benzene rings is 1. The molecule has 0 saturated carbocycles. The van der Waals surface area contributed by atoms with Gasteiger partial charge in [-0.15, -0.1) is 0 Å². The number of nitrogens with zero attached hydrogens (tertiary/aromatic N) is 1. The van der Waals surface area contributed by atoms with E-state index in [0.29, 0.717) is 17.7 Å². The van der Waals surface area contributed by atoms with E-state index in [4.69, 9.17) is 5.73 Å². The van der Waals surface area contributed by atoms with E-state index in [1.807, 2.05) is 0 Å². The predicted octanol–water partition coefficient (Wildman–Crippen LogP) is 3.20. The number of nitrogen functional groups attached to an aromatic ring is 1. The van der Waals surface area contributed by atoms with Crippen LogP contribution in [0.15, 0.2) is 23.1 Å². The normalized spacial score (nSPS) is 11.9. The van der Waals surface area contributed by atoms with Crippen molar-refractivity contribution in [1.29, 1.82) is 0 Å². The van der Waals surface area contributed by atoms with Crippen molar-refractivity contribution in [2.75, 3.05) is 11.5 Å². The fourth-order valence-corrected chi connectivity index (χ4v) is 4.43. The van der Waals surface area contributed by atoms with E-state index in [1.165, 1.54) is 6.07 Å². The lowest BCUT2D eigenvalue weighted by Crippen LogP contribution is -2.11. The van der Waals surface area contributed by atoms with Gasteiger partial charge in [0.25, 0.3) is 0 Å². The Balaban J connectivity index is 2.53. The van der Waals surface area contributed by atoms with Crippen LogP contribution in [-0.2, 0) is 16.4 Å². The Morgan fingerprint density at radius 2 is 1.87 bits per heavy atom. The van der Waals surface area contributed by atoms with Gasteiger partial charge < -0.3 is 10.3 Å². The molecule has 2 aromatic rings. The monoisotopic (exact) mass is 342 g/mol. The molecule has 1 heterocycles. The number of rotatable bonds is 5. The Hall–Kier alpha value is -1.89. The first kappa shape index (κ1) is 17.5. The maximum absolute atomic E-state index is 13.8. The highest BCUT2D eigenvalue weighted by atomic mass is 32.2. The van der Waals surface area contributed by atoms with Crippen molar-refractivity contribution in [1.82, 2.24) is 4.57 Å². The fraction of sp³-hybridized carbons (Fsp3) is 0.375. The molecule has 0 fully saturated rings. The third-order valence-electron chi connectivity index (χ3n) is 3.94. The molecule has 0 saturated heterocycles. The van der Waals surface area contributed by atoms with Crippen LogP contribution >= 0.6 is 0 Å². The molecule has 0 aliphatic rings. The smallest absolute Gasteiger partial charge is 0.182 e. The number of hydrogen-bond acceptors (Lipinski definition) is 3. The van der Waals surface area contributed by atoms with Gasteiger partial charge in [0.05, 0.1) is 12.3 Å². The third-order valence-corrected chi connectivity index (χ3v) is 6.02. The van der Waals surface area contributed by atoms with Crippen LogP contribution in [0.1, 0.15) is 30.2 Å². The van der Waals surface area contributed by atoms with Crippen molar-refractivity contribution in [3.8, 4) is 0 Å². The second kappa shape index (κ2) is 6.31. The highest BCUT2D eigenvalue weighted by Crippen LogP contribution is 2.31. The van der Waals surface area contributed by atoms with Crippen molar-refractivity contribution in [2.24, 2.45) is 0 Å². The molecular formula is C16H20F2N2O2S. The van der Waals surface area contributed by atoms with Gasteiger partial charge in [0.15, 0.2) is 9.84 Å². The number of nitrogens with two attached hydrogens (primary N) is 1. The second-order valence-electron chi connectivity index (χ2n) is 5.57. The molecule has 0 atom stereocenters. The topological polar surface area (TPSA) is 65.1 Å². The lowest BCUT2D eigenvalue weighted by Gasteiger charge is -2.10. The molecule has 0 spiro atoms. The van der Waals surface area contributed by atoms with E-state index in [0.717, 1.165) is 12.1 Å². The van der Waals surface area contributed by atoms with Crippen LogP contribution in [0.25, 0.3) is 0 Å². The van der Waals surface area contributed by atoms with Crippen molar-refractivity contribution in [2.45, 2.75) is 38.6 Å². The summed E-state index contributed by atoms with van der Waals surface area (Å²) in [5.41, 5.74) is 7.50. The van der Waals surface area contributed by atoms with E-state index < -0.39 is 21.5 Å². The minimum Gasteiger partial charge on any atom is -0.384 e. The van der Waals surface area contributed by atoms with E-state index in [2.05, 4.69) is 0 Å². The Morgan fingerprint density at radius 3 is 2.43 bits per heavy atom. The van der Waals surface area contributed by atoms with E-state index in [1.54, 1.807) is 25.3 Å². The molecule has 0 unspecified atom stereocenters. The number of halogens is 2. The van der Waals surface area contributed by atoms with Crippen LogP contribution in [0.4, 0.5) is 14.6 Å². The van der Waals surface area contributed by atoms with Gasteiger partial charge in [0, 0.05) is 17.3 Å². The van der Waals surface area contributed by atoms with E-state index in [9.17, 15) is 17.2 Å². The summed E-state index contributed by atoms with van der Waals surface area (Å²) in [7, 11) is -3.48. The molecule has 0 bridgehead atoms. The van der Waals surface area contributed by atoms with Gasteiger partial charge in [0.1, 0.15) is 22.3 Å². The van der Waals surface area contributed by atoms with Gasteiger partial charge in [-0.05, 0) is 31.9 Å². The molecule has 2 rings (SSSR count). The number of hydrogen-bond donors (Lipinski definition) is 1. The molecule has 0 amide bonds. The van der Waals surface area contributed by atoms with Crippen LogP contribution in [0, 0.1) is 25.5 Å². The molecule has 1 aromatic carbocycles. The Bertz CT molecular complexity index is 842. The summed E-state index contributed by atoms with van der Waals surface area (Å²) in [5.74, 6) is -1.25. The Labute approximate surface area is 134 Å². The van der Waals surface area contributed by atoms with Gasteiger partial charge in [-0.2, -0.15) is 0 Å². The van der Waals surface area contributed by atoms with Crippen molar-refractivity contribution in [3.05, 3.63) is 46.7 Å². The SMILES string of the molecule is CCCS(=O)(=O)c1c(C)c(C)n(Cc2ccc(F)cc2F)c1N. The van der Waals surface area contributed by atoms with Crippen LogP contribution in [0.2, 0.25) is 0 Å². The zero-order valence-corrected chi connectivity index (χ0v) is 14.2. The molecule has 126 valence electrons. The molecule has 4 nitrogen and oxygen atoms in total. The lowest BCUT2D eigenvalue weighted by molar-refractivity contribution is 0.566. The molecule has 23 heavy (non-hydrogen) atoms. The predicted molar refractivity (Wildman–Crippen MR) is 86.1 cm³/mol. The fourth-order valence-electron chi connectivity index (χ4n) is 2.65. The average Bonchev–Trinajstić information content (AvgIpc) is 2.65. The summed E-state index contributed by atoms with van der Waals surface area (Å²) in [4.78, 5) is 0.111. The number of sulfone groups is 1. The van der Waals surface area contributed by atoms with Crippen LogP contribution < -0.4 is 5.73 Å². The third kappa shape index (κ3) is 3.24. The molecule has 0 aliphatic heterocycles. The summed E-state index contributed by atoms with van der Waals surface area (Å²) in [6.07, 6.45) is 0.484. The minimum atomic E-state index is -3.48. The lowest BCUT2D eigenvalue weighted by atomic mass is 10.2. The Morgan fingerprint density at radius 1 is 1.22 bits per heavy atom. The van der Waals surface area contributed by atoms with Gasteiger partial charge in [-0.25, -0.2) is 17.2 Å².